The molecule has 0 bridgehead atoms. The summed E-state index contributed by atoms with van der Waals surface area (Å²) < 4.78 is 26.6. The minimum absolute atomic E-state index is 0.216. The number of alkyl halides is 2. The van der Waals surface area contributed by atoms with Gasteiger partial charge in [-0.05, 0) is 44.2 Å². The van der Waals surface area contributed by atoms with Crippen molar-refractivity contribution in [2.45, 2.75) is 20.3 Å². The van der Waals surface area contributed by atoms with Gasteiger partial charge in [0, 0.05) is 31.7 Å². The molecular weight excluding hydrogens is 310 g/mol. The van der Waals surface area contributed by atoms with Crippen LogP contribution in [0.25, 0.3) is 11.3 Å². The summed E-state index contributed by atoms with van der Waals surface area (Å²) >= 11 is 0. The van der Waals surface area contributed by atoms with E-state index in [0.717, 1.165) is 37.3 Å². The highest BCUT2D eigenvalue weighted by Gasteiger charge is 2.20. The van der Waals surface area contributed by atoms with Gasteiger partial charge in [-0.2, -0.15) is 0 Å². The van der Waals surface area contributed by atoms with Crippen molar-refractivity contribution in [3.8, 4) is 11.3 Å². The van der Waals surface area contributed by atoms with Crippen molar-refractivity contribution >= 4 is 5.95 Å². The number of aryl methyl sites for hydroxylation is 2. The molecule has 24 heavy (non-hydrogen) atoms. The lowest BCUT2D eigenvalue weighted by molar-refractivity contribution is 0.146. The lowest BCUT2D eigenvalue weighted by Crippen LogP contribution is -2.45. The van der Waals surface area contributed by atoms with E-state index in [1.54, 1.807) is 0 Å². The van der Waals surface area contributed by atoms with Gasteiger partial charge < -0.3 is 9.80 Å². The molecule has 4 nitrogen and oxygen atoms in total. The average molecular weight is 332 g/mol. The molecule has 0 saturated carbocycles. The van der Waals surface area contributed by atoms with Gasteiger partial charge in [-0.3, -0.25) is 0 Å². The molecule has 1 aromatic heterocycles. The third-order valence-corrected chi connectivity index (χ3v) is 4.55. The average Bonchev–Trinajstić information content (AvgIpc) is 2.57. The Morgan fingerprint density at radius 2 is 1.67 bits per heavy atom. The van der Waals surface area contributed by atoms with Crippen molar-refractivity contribution in [1.29, 1.82) is 0 Å². The minimum Gasteiger partial charge on any atom is -0.338 e. The number of hydrogen-bond acceptors (Lipinski definition) is 4. The number of aromatic nitrogens is 2. The Morgan fingerprint density at radius 3 is 2.29 bits per heavy atom. The van der Waals surface area contributed by atoms with Crippen molar-refractivity contribution in [2.75, 3.05) is 38.1 Å². The van der Waals surface area contributed by atoms with Crippen LogP contribution in [0.15, 0.2) is 24.3 Å². The van der Waals surface area contributed by atoms with Crippen LogP contribution in [-0.4, -0.2) is 48.1 Å². The van der Waals surface area contributed by atoms with Crippen LogP contribution in [-0.2, 0) is 0 Å². The second-order valence-electron chi connectivity index (χ2n) is 6.37. The summed E-state index contributed by atoms with van der Waals surface area (Å²) in [5, 5.41) is 0. The molecule has 1 fully saturated rings. The maximum atomic E-state index is 13.3. The topological polar surface area (TPSA) is 32.3 Å². The SMILES string of the molecule is Cc1ccc(-c2cc(C(F)F)nc(N3CCN(C)CC3)n2)cc1C. The lowest BCUT2D eigenvalue weighted by Gasteiger charge is -2.32. The van der Waals surface area contributed by atoms with Gasteiger partial charge in [-0.15, -0.1) is 0 Å². The van der Waals surface area contributed by atoms with Crippen molar-refractivity contribution in [1.82, 2.24) is 14.9 Å². The van der Waals surface area contributed by atoms with E-state index in [2.05, 4.69) is 14.9 Å². The molecule has 0 aliphatic carbocycles. The summed E-state index contributed by atoms with van der Waals surface area (Å²) in [6, 6.07) is 7.30. The van der Waals surface area contributed by atoms with Crippen molar-refractivity contribution in [2.24, 2.45) is 0 Å². The molecule has 1 aliphatic rings. The first-order chi connectivity index (χ1) is 11.4. The zero-order valence-corrected chi connectivity index (χ0v) is 14.3. The van der Waals surface area contributed by atoms with E-state index >= 15 is 0 Å². The van der Waals surface area contributed by atoms with E-state index in [1.807, 2.05) is 44.0 Å². The number of benzene rings is 1. The second kappa shape index (κ2) is 6.81. The Bertz CT molecular complexity index is 725. The third-order valence-electron chi connectivity index (χ3n) is 4.55. The zero-order valence-electron chi connectivity index (χ0n) is 14.3. The Balaban J connectivity index is 2.01. The van der Waals surface area contributed by atoms with E-state index < -0.39 is 6.43 Å². The van der Waals surface area contributed by atoms with Gasteiger partial charge in [-0.1, -0.05) is 12.1 Å². The Kier molecular flexibility index (Phi) is 4.76. The number of rotatable bonds is 3. The number of nitrogens with zero attached hydrogens (tertiary/aromatic N) is 4. The van der Waals surface area contributed by atoms with Gasteiger partial charge in [0.25, 0.3) is 6.43 Å². The van der Waals surface area contributed by atoms with Gasteiger partial charge in [0.2, 0.25) is 5.95 Å². The fraction of sp³-hybridized carbons (Fsp3) is 0.444. The number of piperazine rings is 1. The molecule has 3 rings (SSSR count). The van der Waals surface area contributed by atoms with Gasteiger partial charge >= 0.3 is 0 Å². The molecule has 6 heteroatoms. The molecule has 0 amide bonds. The molecule has 0 spiro atoms. The predicted octanol–water partition coefficient (Wildman–Crippen LogP) is 3.45. The molecule has 2 aromatic rings. The van der Waals surface area contributed by atoms with Crippen LogP contribution in [0.3, 0.4) is 0 Å². The summed E-state index contributed by atoms with van der Waals surface area (Å²) in [6.45, 7) is 7.28. The Hall–Kier alpha value is -2.08. The van der Waals surface area contributed by atoms with Crippen molar-refractivity contribution in [3.05, 3.63) is 41.1 Å². The zero-order chi connectivity index (χ0) is 17.3. The normalized spacial score (nSPS) is 16.0. The highest BCUT2D eigenvalue weighted by atomic mass is 19.3. The maximum Gasteiger partial charge on any atom is 0.280 e. The van der Waals surface area contributed by atoms with E-state index in [4.69, 9.17) is 0 Å². The van der Waals surface area contributed by atoms with E-state index in [0.29, 0.717) is 11.6 Å². The molecule has 0 radical (unpaired) electrons. The third kappa shape index (κ3) is 3.53. The largest absolute Gasteiger partial charge is 0.338 e. The highest BCUT2D eigenvalue weighted by Crippen LogP contribution is 2.27. The van der Waals surface area contributed by atoms with Crippen LogP contribution in [0.2, 0.25) is 0 Å². The summed E-state index contributed by atoms with van der Waals surface area (Å²) in [7, 11) is 2.05. The summed E-state index contributed by atoms with van der Waals surface area (Å²) in [5.41, 5.74) is 3.47. The van der Waals surface area contributed by atoms with Gasteiger partial charge in [0.1, 0.15) is 5.69 Å². The molecule has 128 valence electrons. The number of likely N-dealkylation sites (N-methyl/N-ethyl adjacent to an activating group) is 1. The van der Waals surface area contributed by atoms with Gasteiger partial charge in [0.15, 0.2) is 0 Å². The molecule has 1 aliphatic heterocycles. The molecule has 0 atom stereocenters. The molecule has 2 heterocycles. The van der Waals surface area contributed by atoms with E-state index in [9.17, 15) is 8.78 Å². The molecule has 0 unspecified atom stereocenters. The van der Waals surface area contributed by atoms with Crippen LogP contribution >= 0.6 is 0 Å². The highest BCUT2D eigenvalue weighted by molar-refractivity contribution is 5.63. The fourth-order valence-corrected chi connectivity index (χ4v) is 2.76. The number of hydrogen-bond donors (Lipinski definition) is 0. The van der Waals surface area contributed by atoms with E-state index in [-0.39, 0.29) is 5.69 Å². The first kappa shape index (κ1) is 16.8. The van der Waals surface area contributed by atoms with Gasteiger partial charge in [0.05, 0.1) is 5.69 Å². The molecular formula is C18H22F2N4. The van der Waals surface area contributed by atoms with Crippen LogP contribution < -0.4 is 4.90 Å². The molecule has 1 saturated heterocycles. The summed E-state index contributed by atoms with van der Waals surface area (Å²) in [6.07, 6.45) is -2.61. The van der Waals surface area contributed by atoms with Crippen LogP contribution in [0, 0.1) is 13.8 Å². The molecule has 0 N–H and O–H groups in total. The van der Waals surface area contributed by atoms with Crippen LogP contribution in [0.4, 0.5) is 14.7 Å². The van der Waals surface area contributed by atoms with Crippen molar-refractivity contribution in [3.63, 3.8) is 0 Å². The summed E-state index contributed by atoms with van der Waals surface area (Å²) in [5.74, 6) is 0.397. The summed E-state index contributed by atoms with van der Waals surface area (Å²) in [4.78, 5) is 12.9. The minimum atomic E-state index is -2.61. The Labute approximate surface area is 141 Å². The predicted molar refractivity (Wildman–Crippen MR) is 91.6 cm³/mol. The van der Waals surface area contributed by atoms with Crippen LogP contribution in [0.5, 0.6) is 0 Å². The second-order valence-corrected chi connectivity index (χ2v) is 6.37. The standard InChI is InChI=1S/C18H22F2N4/c1-12-4-5-14(10-13(12)2)15-11-16(17(19)20)22-18(21-15)24-8-6-23(3)7-9-24/h4-5,10-11,17H,6-9H2,1-3H3. The lowest BCUT2D eigenvalue weighted by atomic mass is 10.0. The van der Waals surface area contributed by atoms with Crippen molar-refractivity contribution < 1.29 is 8.78 Å². The van der Waals surface area contributed by atoms with Gasteiger partial charge in [-0.25, -0.2) is 18.7 Å². The first-order valence-electron chi connectivity index (χ1n) is 8.12. The number of anilines is 1. The van der Waals surface area contributed by atoms with E-state index in [1.165, 1.54) is 11.6 Å². The monoisotopic (exact) mass is 332 g/mol. The maximum absolute atomic E-state index is 13.3. The van der Waals surface area contributed by atoms with Crippen LogP contribution in [0.1, 0.15) is 23.2 Å². The first-order valence-corrected chi connectivity index (χ1v) is 8.12. The fourth-order valence-electron chi connectivity index (χ4n) is 2.76. The Morgan fingerprint density at radius 1 is 0.958 bits per heavy atom. The quantitative estimate of drug-likeness (QED) is 0.862. The number of halogens is 2. The molecule has 1 aromatic carbocycles. The smallest absolute Gasteiger partial charge is 0.280 e.